The Morgan fingerprint density at radius 1 is 0.844 bits per heavy atom. The van der Waals surface area contributed by atoms with Gasteiger partial charge in [0.1, 0.15) is 6.10 Å². The topological polar surface area (TPSA) is 47.6 Å². The third-order valence-corrected chi connectivity index (χ3v) is 11.2. The van der Waals surface area contributed by atoms with E-state index in [-0.39, 0.29) is 23.3 Å². The van der Waals surface area contributed by atoms with Gasteiger partial charge < -0.3 is 14.5 Å². The van der Waals surface area contributed by atoms with Gasteiger partial charge in [-0.2, -0.15) is 0 Å². The summed E-state index contributed by atoms with van der Waals surface area (Å²) >= 11 is 0. The minimum Gasteiger partial charge on any atom is -0.442 e. The van der Waals surface area contributed by atoms with E-state index >= 15 is 0 Å². The number of nitrogens with one attached hydrogen (secondary N) is 1. The van der Waals surface area contributed by atoms with Gasteiger partial charge in [0, 0.05) is 0 Å². The minimum absolute atomic E-state index is 0.122. The van der Waals surface area contributed by atoms with Gasteiger partial charge in [0.05, 0.1) is 12.6 Å². The van der Waals surface area contributed by atoms with Crippen LogP contribution in [0.4, 0.5) is 4.79 Å². The third-order valence-electron chi connectivity index (χ3n) is 6.19. The van der Waals surface area contributed by atoms with Gasteiger partial charge >= 0.3 is 6.09 Å². The van der Waals surface area contributed by atoms with Crippen LogP contribution in [0.3, 0.4) is 0 Å². The highest BCUT2D eigenvalue weighted by Crippen LogP contribution is 2.37. The van der Waals surface area contributed by atoms with Crippen LogP contribution in [-0.2, 0) is 15.6 Å². The lowest BCUT2D eigenvalue weighted by Crippen LogP contribution is -2.67. The maximum Gasteiger partial charge on any atom is 0.407 e. The fraction of sp³-hybridized carbons (Fsp3) is 0.296. The molecule has 1 aliphatic rings. The molecule has 0 saturated carbocycles. The summed E-state index contributed by atoms with van der Waals surface area (Å²) in [4.78, 5) is 12.1. The van der Waals surface area contributed by atoms with Gasteiger partial charge in [-0.05, 0) is 27.4 Å². The lowest BCUT2D eigenvalue weighted by Gasteiger charge is -2.43. The van der Waals surface area contributed by atoms with Gasteiger partial charge in [0.25, 0.3) is 8.32 Å². The standard InChI is InChI=1S/C27H31NO3Si/c1-27(2,3)32(22-15-9-5-10-16-22,23-17-11-6-12-18-23)30-20-25-24(28-26(29)31-25)19-21-13-7-4-8-14-21/h4-18,24-25H,19-20H2,1-3H3,(H,28,29)/t24-,25-/m1/s1. The molecule has 0 radical (unpaired) electrons. The first-order chi connectivity index (χ1) is 15.4. The molecular formula is C27H31NO3Si. The molecule has 1 N–H and O–H groups in total. The van der Waals surface area contributed by atoms with Crippen molar-refractivity contribution in [1.29, 1.82) is 0 Å². The molecule has 1 amide bonds. The number of hydrogen-bond acceptors (Lipinski definition) is 3. The van der Waals surface area contributed by atoms with Crippen molar-refractivity contribution in [3.05, 3.63) is 96.6 Å². The highest BCUT2D eigenvalue weighted by atomic mass is 28.4. The Balaban J connectivity index is 1.66. The van der Waals surface area contributed by atoms with Gasteiger partial charge in [0.2, 0.25) is 0 Å². The highest BCUT2D eigenvalue weighted by molar-refractivity contribution is 6.99. The molecule has 4 rings (SSSR count). The van der Waals surface area contributed by atoms with E-state index in [1.54, 1.807) is 0 Å². The van der Waals surface area contributed by atoms with E-state index in [4.69, 9.17) is 9.16 Å². The van der Waals surface area contributed by atoms with E-state index in [1.807, 2.05) is 30.3 Å². The molecule has 3 aromatic rings. The second-order valence-electron chi connectivity index (χ2n) is 9.36. The zero-order valence-corrected chi connectivity index (χ0v) is 20.0. The lowest BCUT2D eigenvalue weighted by atomic mass is 10.0. The van der Waals surface area contributed by atoms with Crippen LogP contribution in [0.15, 0.2) is 91.0 Å². The summed E-state index contributed by atoms with van der Waals surface area (Å²) in [5, 5.41) is 5.29. The van der Waals surface area contributed by atoms with Crippen LogP contribution in [-0.4, -0.2) is 33.2 Å². The van der Waals surface area contributed by atoms with E-state index in [1.165, 1.54) is 15.9 Å². The van der Waals surface area contributed by atoms with Gasteiger partial charge in [-0.25, -0.2) is 4.79 Å². The molecule has 3 aromatic carbocycles. The summed E-state index contributed by atoms with van der Waals surface area (Å²) in [6.07, 6.45) is -0.00668. The quantitative estimate of drug-likeness (QED) is 0.552. The largest absolute Gasteiger partial charge is 0.442 e. The molecule has 32 heavy (non-hydrogen) atoms. The van der Waals surface area contributed by atoms with E-state index < -0.39 is 8.32 Å². The van der Waals surface area contributed by atoms with Crippen molar-refractivity contribution in [1.82, 2.24) is 5.32 Å². The molecule has 4 nitrogen and oxygen atoms in total. The molecule has 1 fully saturated rings. The van der Waals surface area contributed by atoms with Crippen molar-refractivity contribution in [2.45, 2.75) is 44.4 Å². The Morgan fingerprint density at radius 2 is 1.34 bits per heavy atom. The average Bonchev–Trinajstić information content (AvgIpc) is 3.14. The van der Waals surface area contributed by atoms with Crippen LogP contribution in [0, 0.1) is 0 Å². The fourth-order valence-electron chi connectivity index (χ4n) is 4.67. The Bertz CT molecular complexity index is 980. The van der Waals surface area contributed by atoms with Crippen LogP contribution < -0.4 is 15.7 Å². The number of rotatable bonds is 7. The number of carbonyl (C=O) groups is 1. The molecule has 0 aromatic heterocycles. The number of cyclic esters (lactones) is 1. The van der Waals surface area contributed by atoms with E-state index in [0.29, 0.717) is 13.0 Å². The molecule has 1 saturated heterocycles. The van der Waals surface area contributed by atoms with Crippen molar-refractivity contribution in [3.63, 3.8) is 0 Å². The Kier molecular flexibility index (Phi) is 6.49. The van der Waals surface area contributed by atoms with Gasteiger partial charge in [-0.15, -0.1) is 0 Å². The molecule has 1 heterocycles. The van der Waals surface area contributed by atoms with E-state index in [2.05, 4.69) is 86.8 Å². The number of amides is 1. The normalized spacial score (nSPS) is 18.8. The first kappa shape index (κ1) is 22.3. The zero-order valence-electron chi connectivity index (χ0n) is 19.0. The minimum atomic E-state index is -2.68. The molecular weight excluding hydrogens is 414 g/mol. The van der Waals surface area contributed by atoms with Crippen LogP contribution >= 0.6 is 0 Å². The van der Waals surface area contributed by atoms with Crippen molar-refractivity contribution in [3.8, 4) is 0 Å². The average molecular weight is 446 g/mol. The maximum absolute atomic E-state index is 12.1. The number of alkyl carbamates (subject to hydrolysis) is 1. The number of carbonyl (C=O) groups excluding carboxylic acids is 1. The van der Waals surface area contributed by atoms with E-state index in [9.17, 15) is 4.79 Å². The monoisotopic (exact) mass is 445 g/mol. The van der Waals surface area contributed by atoms with Crippen molar-refractivity contribution in [2.75, 3.05) is 6.61 Å². The third kappa shape index (κ3) is 4.50. The van der Waals surface area contributed by atoms with Crippen LogP contribution in [0.25, 0.3) is 0 Å². The van der Waals surface area contributed by atoms with Crippen molar-refractivity contribution < 1.29 is 14.0 Å². The molecule has 5 heteroatoms. The molecule has 166 valence electrons. The number of hydrogen-bond donors (Lipinski definition) is 1. The smallest absolute Gasteiger partial charge is 0.407 e. The van der Waals surface area contributed by atoms with Crippen molar-refractivity contribution >= 4 is 24.8 Å². The fourth-order valence-corrected chi connectivity index (χ4v) is 9.24. The molecule has 2 atom stereocenters. The summed E-state index contributed by atoms with van der Waals surface area (Å²) in [6, 6.07) is 31.1. The Morgan fingerprint density at radius 3 is 1.84 bits per heavy atom. The predicted octanol–water partition coefficient (Wildman–Crippen LogP) is 4.28. The first-order valence-corrected chi connectivity index (χ1v) is 13.1. The summed E-state index contributed by atoms with van der Waals surface area (Å²) in [7, 11) is -2.68. The van der Waals surface area contributed by atoms with Crippen LogP contribution in [0.2, 0.25) is 5.04 Å². The van der Waals surface area contributed by atoms with Crippen LogP contribution in [0.1, 0.15) is 26.3 Å². The number of benzene rings is 3. The second-order valence-corrected chi connectivity index (χ2v) is 13.7. The molecule has 0 spiro atoms. The summed E-state index contributed by atoms with van der Waals surface area (Å²) in [6.45, 7) is 7.10. The molecule has 0 bridgehead atoms. The molecule has 0 unspecified atom stereocenters. The van der Waals surface area contributed by atoms with Crippen molar-refractivity contribution in [2.24, 2.45) is 0 Å². The highest BCUT2D eigenvalue weighted by Gasteiger charge is 2.51. The first-order valence-electron chi connectivity index (χ1n) is 11.2. The lowest BCUT2D eigenvalue weighted by molar-refractivity contribution is 0.0882. The van der Waals surface area contributed by atoms with E-state index in [0.717, 1.165) is 0 Å². The summed E-state index contributed by atoms with van der Waals surface area (Å²) in [5.41, 5.74) is 1.17. The SMILES string of the molecule is CC(C)(C)[Si](OC[C@H]1OC(=O)N[C@@H]1Cc1ccccc1)(c1ccccc1)c1ccccc1. The van der Waals surface area contributed by atoms with Gasteiger partial charge in [-0.1, -0.05) is 112 Å². The van der Waals surface area contributed by atoms with Gasteiger partial charge in [-0.3, -0.25) is 0 Å². The van der Waals surface area contributed by atoms with Gasteiger partial charge in [0.15, 0.2) is 0 Å². The second kappa shape index (κ2) is 9.31. The molecule has 0 aliphatic carbocycles. The zero-order chi connectivity index (χ0) is 22.6. The number of ether oxygens (including phenoxy) is 1. The Hall–Kier alpha value is -2.89. The summed E-state index contributed by atoms with van der Waals surface area (Å²) in [5.74, 6) is 0. The Labute approximate surface area is 191 Å². The predicted molar refractivity (Wildman–Crippen MR) is 131 cm³/mol. The molecule has 1 aliphatic heterocycles. The maximum atomic E-state index is 12.1. The summed E-state index contributed by atoms with van der Waals surface area (Å²) < 4.78 is 12.7. The van der Waals surface area contributed by atoms with Crippen LogP contribution in [0.5, 0.6) is 0 Å².